The fourth-order valence-electron chi connectivity index (χ4n) is 3.29. The van der Waals surface area contributed by atoms with Gasteiger partial charge in [-0.3, -0.25) is 14.2 Å². The number of fused-ring (bicyclic) bond motifs is 1. The molecule has 1 aromatic carbocycles. The van der Waals surface area contributed by atoms with Crippen molar-refractivity contribution in [2.75, 3.05) is 0 Å². The first-order valence-corrected chi connectivity index (χ1v) is 8.04. The van der Waals surface area contributed by atoms with E-state index in [0.717, 1.165) is 23.7 Å². The zero-order chi connectivity index (χ0) is 15.5. The zero-order valence-electron chi connectivity index (χ0n) is 13.0. The van der Waals surface area contributed by atoms with Crippen molar-refractivity contribution < 1.29 is 4.79 Å². The van der Waals surface area contributed by atoms with Gasteiger partial charge in [-0.2, -0.15) is 0 Å². The van der Waals surface area contributed by atoms with Gasteiger partial charge in [0.05, 0.1) is 5.52 Å². The number of pyridine rings is 1. The number of nitrogens with zero attached hydrogens (tertiary/aromatic N) is 1. The Kier molecular flexibility index (Phi) is 4.27. The van der Waals surface area contributed by atoms with Crippen LogP contribution in [0.3, 0.4) is 0 Å². The van der Waals surface area contributed by atoms with Crippen LogP contribution in [0.15, 0.2) is 35.1 Å². The van der Waals surface area contributed by atoms with Gasteiger partial charge in [-0.1, -0.05) is 37.5 Å². The smallest absolute Gasteiger partial charge is 0.254 e. The summed E-state index contributed by atoms with van der Waals surface area (Å²) >= 11 is 0. The van der Waals surface area contributed by atoms with E-state index in [1.54, 1.807) is 11.5 Å². The molecule has 4 heteroatoms. The lowest BCUT2D eigenvalue weighted by molar-refractivity contribution is -0.122. The third-order valence-corrected chi connectivity index (χ3v) is 4.45. The van der Waals surface area contributed by atoms with Crippen molar-refractivity contribution in [2.45, 2.75) is 51.6 Å². The van der Waals surface area contributed by atoms with E-state index in [4.69, 9.17) is 0 Å². The highest BCUT2D eigenvalue weighted by Gasteiger charge is 2.17. The number of amides is 1. The number of aryl methyl sites for hydroxylation is 1. The third kappa shape index (κ3) is 3.06. The van der Waals surface area contributed by atoms with E-state index >= 15 is 0 Å². The minimum absolute atomic E-state index is 0.0650. The minimum atomic E-state index is -0.0857. The molecule has 1 aliphatic carbocycles. The van der Waals surface area contributed by atoms with Gasteiger partial charge in [-0.15, -0.1) is 0 Å². The first-order chi connectivity index (χ1) is 10.6. The highest BCUT2D eigenvalue weighted by atomic mass is 16.2. The molecule has 1 fully saturated rings. The second-order valence-electron chi connectivity index (χ2n) is 6.18. The lowest BCUT2D eigenvalue weighted by Gasteiger charge is -2.23. The van der Waals surface area contributed by atoms with Gasteiger partial charge >= 0.3 is 0 Å². The van der Waals surface area contributed by atoms with Gasteiger partial charge in [0.15, 0.2) is 0 Å². The van der Waals surface area contributed by atoms with Gasteiger partial charge in [0.1, 0.15) is 6.54 Å². The first-order valence-electron chi connectivity index (χ1n) is 8.04. The van der Waals surface area contributed by atoms with Gasteiger partial charge in [-0.05, 0) is 37.3 Å². The number of hydrogen-bond acceptors (Lipinski definition) is 2. The fraction of sp³-hybridized carbons (Fsp3) is 0.444. The maximum atomic E-state index is 12.4. The van der Waals surface area contributed by atoms with Crippen molar-refractivity contribution in [3.63, 3.8) is 0 Å². The predicted octanol–water partition coefficient (Wildman–Crippen LogP) is 2.76. The molecule has 1 amide bonds. The number of carbonyl (C=O) groups is 1. The van der Waals surface area contributed by atoms with Crippen LogP contribution < -0.4 is 10.9 Å². The lowest BCUT2D eigenvalue weighted by atomic mass is 9.95. The molecule has 0 saturated heterocycles. The standard InChI is InChI=1S/C18H22N2O2/c1-13-11-14-7-5-6-10-16(14)20(18(13)22)12-17(21)19-15-8-3-2-4-9-15/h5-7,10-11,15H,2-4,8-9,12H2,1H3,(H,19,21). The maximum Gasteiger partial charge on any atom is 0.254 e. The highest BCUT2D eigenvalue weighted by Crippen LogP contribution is 2.17. The van der Waals surface area contributed by atoms with Crippen molar-refractivity contribution in [3.8, 4) is 0 Å². The van der Waals surface area contributed by atoms with E-state index in [0.29, 0.717) is 5.56 Å². The molecule has 1 N–H and O–H groups in total. The molecular formula is C18H22N2O2. The summed E-state index contributed by atoms with van der Waals surface area (Å²) in [6.45, 7) is 1.89. The minimum Gasteiger partial charge on any atom is -0.352 e. The molecule has 0 radical (unpaired) electrons. The van der Waals surface area contributed by atoms with E-state index in [1.807, 2.05) is 30.3 Å². The molecule has 1 aliphatic rings. The quantitative estimate of drug-likeness (QED) is 0.947. The summed E-state index contributed by atoms with van der Waals surface area (Å²) in [5.41, 5.74) is 1.40. The average molecular weight is 298 g/mol. The summed E-state index contributed by atoms with van der Waals surface area (Å²) in [4.78, 5) is 24.7. The topological polar surface area (TPSA) is 51.1 Å². The average Bonchev–Trinajstić information content (AvgIpc) is 2.53. The van der Waals surface area contributed by atoms with Crippen molar-refractivity contribution in [2.24, 2.45) is 0 Å². The molecular weight excluding hydrogens is 276 g/mol. The van der Waals surface area contributed by atoms with Crippen LogP contribution in [0.5, 0.6) is 0 Å². The van der Waals surface area contributed by atoms with Crippen molar-refractivity contribution in [1.29, 1.82) is 0 Å². The number of rotatable bonds is 3. The van der Waals surface area contributed by atoms with Crippen LogP contribution in [0.25, 0.3) is 10.9 Å². The molecule has 0 aliphatic heterocycles. The molecule has 22 heavy (non-hydrogen) atoms. The second-order valence-corrected chi connectivity index (χ2v) is 6.18. The summed E-state index contributed by atoms with van der Waals surface area (Å²) in [6.07, 6.45) is 5.72. The maximum absolute atomic E-state index is 12.4. The Balaban J connectivity index is 1.85. The van der Waals surface area contributed by atoms with Crippen LogP contribution in [-0.2, 0) is 11.3 Å². The molecule has 4 nitrogen and oxygen atoms in total. The van der Waals surface area contributed by atoms with Gasteiger partial charge in [0.2, 0.25) is 5.91 Å². The van der Waals surface area contributed by atoms with E-state index in [-0.39, 0.29) is 24.1 Å². The number of nitrogens with one attached hydrogen (secondary N) is 1. The Hall–Kier alpha value is -2.10. The normalized spacial score (nSPS) is 15.9. The molecule has 116 valence electrons. The summed E-state index contributed by atoms with van der Waals surface area (Å²) in [5, 5.41) is 4.07. The molecule has 0 unspecified atom stereocenters. The lowest BCUT2D eigenvalue weighted by Crippen LogP contribution is -2.40. The summed E-state index contributed by atoms with van der Waals surface area (Å²) in [7, 11) is 0. The summed E-state index contributed by atoms with van der Waals surface area (Å²) in [5.74, 6) is -0.0650. The number of benzene rings is 1. The Morgan fingerprint density at radius 3 is 2.73 bits per heavy atom. The molecule has 1 aromatic heterocycles. The van der Waals surface area contributed by atoms with Gasteiger partial charge in [0.25, 0.3) is 5.56 Å². The number of carbonyl (C=O) groups excluding carboxylic acids is 1. The van der Waals surface area contributed by atoms with Crippen molar-refractivity contribution in [1.82, 2.24) is 9.88 Å². The predicted molar refractivity (Wildman–Crippen MR) is 88.0 cm³/mol. The molecule has 1 saturated carbocycles. The van der Waals surface area contributed by atoms with E-state index in [1.165, 1.54) is 19.3 Å². The Labute approximate surface area is 130 Å². The second kappa shape index (κ2) is 6.34. The van der Waals surface area contributed by atoms with Crippen LogP contribution in [0.1, 0.15) is 37.7 Å². The molecule has 3 rings (SSSR count). The number of para-hydroxylation sites is 1. The third-order valence-electron chi connectivity index (χ3n) is 4.45. The van der Waals surface area contributed by atoms with Crippen molar-refractivity contribution in [3.05, 3.63) is 46.2 Å². The van der Waals surface area contributed by atoms with Crippen LogP contribution in [0.4, 0.5) is 0 Å². The Bertz CT molecular complexity index is 742. The Morgan fingerprint density at radius 1 is 1.23 bits per heavy atom. The van der Waals surface area contributed by atoms with Gasteiger partial charge in [0, 0.05) is 11.6 Å². The monoisotopic (exact) mass is 298 g/mol. The fourth-order valence-corrected chi connectivity index (χ4v) is 3.29. The SMILES string of the molecule is Cc1cc2ccccc2n(CC(=O)NC2CCCCC2)c1=O. The van der Waals surface area contributed by atoms with Crippen LogP contribution in [0, 0.1) is 6.92 Å². The molecule has 1 heterocycles. The molecule has 2 aromatic rings. The van der Waals surface area contributed by atoms with Crippen molar-refractivity contribution >= 4 is 16.8 Å². The number of hydrogen-bond donors (Lipinski definition) is 1. The van der Waals surface area contributed by atoms with E-state index < -0.39 is 0 Å². The first kappa shape index (κ1) is 14.8. The summed E-state index contributed by atoms with van der Waals surface area (Å²) < 4.78 is 1.59. The molecule has 0 atom stereocenters. The largest absolute Gasteiger partial charge is 0.352 e. The van der Waals surface area contributed by atoms with Crippen LogP contribution in [-0.4, -0.2) is 16.5 Å². The Morgan fingerprint density at radius 2 is 1.95 bits per heavy atom. The van der Waals surface area contributed by atoms with Crippen LogP contribution >= 0.6 is 0 Å². The van der Waals surface area contributed by atoms with E-state index in [2.05, 4.69) is 5.32 Å². The van der Waals surface area contributed by atoms with Gasteiger partial charge < -0.3 is 5.32 Å². The highest BCUT2D eigenvalue weighted by molar-refractivity contribution is 5.82. The molecule has 0 bridgehead atoms. The molecule has 0 spiro atoms. The zero-order valence-corrected chi connectivity index (χ0v) is 13.0. The summed E-state index contributed by atoms with van der Waals surface area (Å²) in [6, 6.07) is 9.85. The number of aromatic nitrogens is 1. The van der Waals surface area contributed by atoms with Gasteiger partial charge in [-0.25, -0.2) is 0 Å². The van der Waals surface area contributed by atoms with E-state index in [9.17, 15) is 9.59 Å². The van der Waals surface area contributed by atoms with Crippen LogP contribution in [0.2, 0.25) is 0 Å².